The molecule has 8 heteroatoms. The minimum absolute atomic E-state index is 0.175. The molecule has 1 heterocycles. The number of fused-ring (bicyclic) bond motifs is 1. The maximum atomic E-state index is 12.3. The van der Waals surface area contributed by atoms with Crippen LogP contribution in [-0.2, 0) is 4.79 Å². The van der Waals surface area contributed by atoms with Crippen LogP contribution in [0.15, 0.2) is 36.4 Å². The SMILES string of the molecule is COc1ccc(C)cc1NC(=O)CNC(=O)c1ccc2c(c1)C(=O)N(C)C2=O. The van der Waals surface area contributed by atoms with Crippen molar-refractivity contribution in [1.82, 2.24) is 10.2 Å². The second-order valence-corrected chi connectivity index (χ2v) is 6.36. The number of benzene rings is 2. The fourth-order valence-corrected chi connectivity index (χ4v) is 2.88. The Bertz CT molecular complexity index is 999. The number of amides is 4. The number of aryl methyl sites for hydroxylation is 1. The topological polar surface area (TPSA) is 105 Å². The molecule has 0 unspecified atom stereocenters. The molecule has 1 aliphatic rings. The Morgan fingerprint density at radius 3 is 2.46 bits per heavy atom. The molecule has 0 saturated heterocycles. The number of methoxy groups -OCH3 is 1. The van der Waals surface area contributed by atoms with E-state index in [0.29, 0.717) is 11.4 Å². The number of carbonyl (C=O) groups is 4. The monoisotopic (exact) mass is 381 g/mol. The predicted molar refractivity (Wildman–Crippen MR) is 102 cm³/mol. The van der Waals surface area contributed by atoms with E-state index in [1.54, 1.807) is 12.1 Å². The molecule has 2 aromatic rings. The first kappa shape index (κ1) is 19.1. The standard InChI is InChI=1S/C20H19N3O5/c1-11-4-7-16(28-3)15(8-11)22-17(24)10-21-18(25)12-5-6-13-14(9-12)20(27)23(2)19(13)26/h4-9H,10H2,1-3H3,(H,21,25)(H,22,24). The highest BCUT2D eigenvalue weighted by Crippen LogP contribution is 2.25. The van der Waals surface area contributed by atoms with E-state index in [1.165, 1.54) is 32.4 Å². The molecule has 0 atom stereocenters. The highest BCUT2D eigenvalue weighted by atomic mass is 16.5. The molecule has 2 N–H and O–H groups in total. The summed E-state index contributed by atoms with van der Waals surface area (Å²) in [4.78, 5) is 49.4. The van der Waals surface area contributed by atoms with Crippen molar-refractivity contribution < 1.29 is 23.9 Å². The normalized spacial score (nSPS) is 12.6. The van der Waals surface area contributed by atoms with E-state index in [4.69, 9.17) is 4.74 Å². The van der Waals surface area contributed by atoms with Gasteiger partial charge in [-0.05, 0) is 42.8 Å². The van der Waals surface area contributed by atoms with Gasteiger partial charge in [-0.2, -0.15) is 0 Å². The third kappa shape index (κ3) is 3.57. The van der Waals surface area contributed by atoms with E-state index in [0.717, 1.165) is 10.5 Å². The summed E-state index contributed by atoms with van der Waals surface area (Å²) in [6.07, 6.45) is 0. The molecule has 4 amide bonds. The van der Waals surface area contributed by atoms with Crippen LogP contribution < -0.4 is 15.4 Å². The molecule has 3 rings (SSSR count). The molecule has 0 spiro atoms. The third-order valence-electron chi connectivity index (χ3n) is 4.39. The van der Waals surface area contributed by atoms with E-state index in [1.807, 2.05) is 13.0 Å². The van der Waals surface area contributed by atoms with Gasteiger partial charge in [-0.3, -0.25) is 24.1 Å². The lowest BCUT2D eigenvalue weighted by molar-refractivity contribution is -0.115. The number of imide groups is 1. The number of anilines is 1. The second-order valence-electron chi connectivity index (χ2n) is 6.36. The molecule has 0 aromatic heterocycles. The van der Waals surface area contributed by atoms with Crippen molar-refractivity contribution >= 4 is 29.3 Å². The molecule has 0 fully saturated rings. The minimum Gasteiger partial charge on any atom is -0.495 e. The van der Waals surface area contributed by atoms with Gasteiger partial charge in [0, 0.05) is 12.6 Å². The predicted octanol–water partition coefficient (Wildman–Crippen LogP) is 1.60. The summed E-state index contributed by atoms with van der Waals surface area (Å²) in [5.74, 6) is -1.30. The Balaban J connectivity index is 1.65. The summed E-state index contributed by atoms with van der Waals surface area (Å²) in [6, 6.07) is 9.59. The van der Waals surface area contributed by atoms with Gasteiger partial charge in [-0.15, -0.1) is 0 Å². The fourth-order valence-electron chi connectivity index (χ4n) is 2.88. The Kier molecular flexibility index (Phi) is 5.12. The molecular weight excluding hydrogens is 362 g/mol. The van der Waals surface area contributed by atoms with Crippen LogP contribution in [0.2, 0.25) is 0 Å². The van der Waals surface area contributed by atoms with Crippen molar-refractivity contribution in [2.24, 2.45) is 0 Å². The lowest BCUT2D eigenvalue weighted by Gasteiger charge is -2.11. The van der Waals surface area contributed by atoms with Gasteiger partial charge >= 0.3 is 0 Å². The molecule has 0 saturated carbocycles. The summed E-state index contributed by atoms with van der Waals surface area (Å²) in [6.45, 7) is 1.62. The van der Waals surface area contributed by atoms with E-state index >= 15 is 0 Å². The molecule has 0 aliphatic carbocycles. The molecular formula is C20H19N3O5. The molecule has 144 valence electrons. The van der Waals surface area contributed by atoms with Gasteiger partial charge in [0.1, 0.15) is 5.75 Å². The van der Waals surface area contributed by atoms with Crippen molar-refractivity contribution in [1.29, 1.82) is 0 Å². The summed E-state index contributed by atoms with van der Waals surface area (Å²) in [5, 5.41) is 5.18. The fraction of sp³-hybridized carbons (Fsp3) is 0.200. The molecule has 0 radical (unpaired) electrons. The van der Waals surface area contributed by atoms with Gasteiger partial charge < -0.3 is 15.4 Å². The number of ether oxygens (including phenoxy) is 1. The van der Waals surface area contributed by atoms with Crippen LogP contribution in [-0.4, -0.2) is 49.2 Å². The average molecular weight is 381 g/mol. The second kappa shape index (κ2) is 7.51. The first-order chi connectivity index (χ1) is 13.3. The Morgan fingerprint density at radius 1 is 1.04 bits per heavy atom. The molecule has 0 bridgehead atoms. The van der Waals surface area contributed by atoms with Crippen LogP contribution in [0.5, 0.6) is 5.75 Å². The number of hydrogen-bond acceptors (Lipinski definition) is 5. The summed E-state index contributed by atoms with van der Waals surface area (Å²) >= 11 is 0. The maximum Gasteiger partial charge on any atom is 0.261 e. The van der Waals surface area contributed by atoms with Crippen molar-refractivity contribution in [3.8, 4) is 5.75 Å². The smallest absolute Gasteiger partial charge is 0.261 e. The van der Waals surface area contributed by atoms with Crippen LogP contribution in [0, 0.1) is 6.92 Å². The van der Waals surface area contributed by atoms with Gasteiger partial charge in [0.05, 0.1) is 30.5 Å². The molecule has 1 aliphatic heterocycles. The minimum atomic E-state index is -0.524. The van der Waals surface area contributed by atoms with Crippen LogP contribution >= 0.6 is 0 Å². The van der Waals surface area contributed by atoms with Gasteiger partial charge in [-0.1, -0.05) is 6.07 Å². The van der Waals surface area contributed by atoms with Crippen molar-refractivity contribution in [3.63, 3.8) is 0 Å². The lowest BCUT2D eigenvalue weighted by atomic mass is 10.1. The average Bonchev–Trinajstić information content (AvgIpc) is 2.90. The highest BCUT2D eigenvalue weighted by Gasteiger charge is 2.33. The molecule has 2 aromatic carbocycles. The number of nitrogens with zero attached hydrogens (tertiary/aromatic N) is 1. The summed E-state index contributed by atoms with van der Waals surface area (Å²) in [5.41, 5.74) is 2.08. The summed E-state index contributed by atoms with van der Waals surface area (Å²) < 4.78 is 5.20. The van der Waals surface area contributed by atoms with Crippen LogP contribution in [0.1, 0.15) is 36.6 Å². The maximum absolute atomic E-state index is 12.3. The van der Waals surface area contributed by atoms with Crippen LogP contribution in [0.4, 0.5) is 5.69 Å². The number of nitrogens with one attached hydrogen (secondary N) is 2. The highest BCUT2D eigenvalue weighted by molar-refractivity contribution is 6.21. The van der Waals surface area contributed by atoms with E-state index in [9.17, 15) is 19.2 Å². The lowest BCUT2D eigenvalue weighted by Crippen LogP contribution is -2.33. The van der Waals surface area contributed by atoms with E-state index < -0.39 is 23.6 Å². The zero-order valence-electron chi connectivity index (χ0n) is 15.7. The van der Waals surface area contributed by atoms with Crippen LogP contribution in [0.25, 0.3) is 0 Å². The Hall–Kier alpha value is -3.68. The first-order valence-electron chi connectivity index (χ1n) is 8.51. The Morgan fingerprint density at radius 2 is 1.75 bits per heavy atom. The quantitative estimate of drug-likeness (QED) is 0.766. The zero-order chi connectivity index (χ0) is 20.4. The third-order valence-corrected chi connectivity index (χ3v) is 4.39. The van der Waals surface area contributed by atoms with Crippen molar-refractivity contribution in [2.45, 2.75) is 6.92 Å². The van der Waals surface area contributed by atoms with Gasteiger partial charge in [0.15, 0.2) is 0 Å². The van der Waals surface area contributed by atoms with Crippen molar-refractivity contribution in [2.75, 3.05) is 26.0 Å². The molecule has 8 nitrogen and oxygen atoms in total. The Labute approximate surface area is 161 Å². The molecule has 28 heavy (non-hydrogen) atoms. The van der Waals surface area contributed by atoms with Crippen LogP contribution in [0.3, 0.4) is 0 Å². The first-order valence-corrected chi connectivity index (χ1v) is 8.51. The van der Waals surface area contributed by atoms with E-state index in [2.05, 4.69) is 10.6 Å². The summed E-state index contributed by atoms with van der Waals surface area (Å²) in [7, 11) is 2.88. The number of carbonyl (C=O) groups excluding carboxylic acids is 4. The van der Waals surface area contributed by atoms with E-state index in [-0.39, 0.29) is 23.2 Å². The van der Waals surface area contributed by atoms with Crippen molar-refractivity contribution in [3.05, 3.63) is 58.7 Å². The van der Waals surface area contributed by atoms with Gasteiger partial charge in [-0.25, -0.2) is 0 Å². The largest absolute Gasteiger partial charge is 0.495 e. The number of hydrogen-bond donors (Lipinski definition) is 2. The number of rotatable bonds is 5. The van der Waals surface area contributed by atoms with Gasteiger partial charge in [0.2, 0.25) is 5.91 Å². The zero-order valence-corrected chi connectivity index (χ0v) is 15.7. The van der Waals surface area contributed by atoms with Gasteiger partial charge in [0.25, 0.3) is 17.7 Å².